The number of nitrogens with one attached hydrogen (secondary N) is 2. The Hall–Kier alpha value is -7.09. The molecule has 4 aromatic carbocycles. The number of hydrogen-bond acceptors (Lipinski definition) is 18. The van der Waals surface area contributed by atoms with Gasteiger partial charge in [-0.05, 0) is 84.4 Å². The lowest BCUT2D eigenvalue weighted by Gasteiger charge is -2.20. The van der Waals surface area contributed by atoms with E-state index in [0.717, 1.165) is 30.4 Å². The van der Waals surface area contributed by atoms with Crippen LogP contribution in [0.25, 0.3) is 6.08 Å². The van der Waals surface area contributed by atoms with Crippen LogP contribution in [0.1, 0.15) is 15.9 Å². The number of anilines is 3. The van der Waals surface area contributed by atoms with Gasteiger partial charge in [0.2, 0.25) is 11.6 Å². The van der Waals surface area contributed by atoms with E-state index in [1.165, 1.54) is 42.5 Å². The fraction of sp³-hybridized carbons (Fsp3) is 0. The van der Waals surface area contributed by atoms with Gasteiger partial charge in [0, 0.05) is 6.08 Å². The highest BCUT2D eigenvalue weighted by molar-refractivity contribution is 7.91. The van der Waals surface area contributed by atoms with Crippen molar-refractivity contribution >= 4 is 93.5 Å². The number of allylic oxidation sites excluding steroid dienone is 3. The van der Waals surface area contributed by atoms with Gasteiger partial charge >= 0.3 is 0 Å². The Morgan fingerprint density at radius 2 is 1.19 bits per heavy atom. The maximum absolute atomic E-state index is 13.7. The fourth-order valence-corrected chi connectivity index (χ4v) is 6.92. The van der Waals surface area contributed by atoms with Crippen molar-refractivity contribution in [2.75, 3.05) is 16.6 Å². The monoisotopic (exact) mass is 846 g/mol. The van der Waals surface area contributed by atoms with Gasteiger partial charge in [0.25, 0.3) is 30.4 Å². The number of para-hydroxylation sites is 1. The van der Waals surface area contributed by atoms with Crippen molar-refractivity contribution in [3.05, 3.63) is 125 Å². The molecule has 21 nitrogen and oxygen atoms in total. The normalized spacial score (nSPS) is 16.4. The highest BCUT2D eigenvalue weighted by atomic mass is 32.2. The first-order chi connectivity index (χ1) is 27.3. The Labute approximate surface area is 328 Å². The number of hydrogen-bond donors (Lipinski definition) is 7. The molecule has 0 saturated heterocycles. The smallest absolute Gasteiger partial charge is 0.296 e. The molecule has 0 amide bonds. The second-order valence-corrected chi connectivity index (χ2v) is 16.0. The Morgan fingerprint density at radius 3 is 1.78 bits per heavy atom. The van der Waals surface area contributed by atoms with E-state index in [0.29, 0.717) is 11.4 Å². The van der Waals surface area contributed by atoms with Crippen LogP contribution in [0.5, 0.6) is 0 Å². The number of carbonyl (C=O) groups excluding carboxylic acids is 2. The molecule has 0 unspecified atom stereocenters. The summed E-state index contributed by atoms with van der Waals surface area (Å²) in [4.78, 5) is 24.0. The minimum Gasteiger partial charge on any atom is -0.397 e. The molecule has 0 aromatic heterocycles. The molecule has 0 spiro atoms. The number of hydrazone groups is 2. The second-order valence-electron chi connectivity index (χ2n) is 11.8. The van der Waals surface area contributed by atoms with Gasteiger partial charge in [-0.1, -0.05) is 18.2 Å². The Balaban J connectivity index is 1.25. The quantitative estimate of drug-likeness (QED) is 0.0346. The van der Waals surface area contributed by atoms with Crippen molar-refractivity contribution < 1.29 is 48.5 Å². The van der Waals surface area contributed by atoms with Crippen LogP contribution in [-0.2, 0) is 35.1 Å². The first-order valence-corrected chi connectivity index (χ1v) is 20.3. The zero-order valence-electron chi connectivity index (χ0n) is 29.0. The maximum Gasteiger partial charge on any atom is 0.296 e. The molecular formula is C34H26N10O11S3. The predicted molar refractivity (Wildman–Crippen MR) is 210 cm³/mol. The molecule has 24 heteroatoms. The number of carbonyl (C=O) groups is 2. The number of azo groups is 2. The molecule has 0 aliphatic heterocycles. The predicted octanol–water partition coefficient (Wildman–Crippen LogP) is 4.93. The van der Waals surface area contributed by atoms with E-state index >= 15 is 0 Å². The summed E-state index contributed by atoms with van der Waals surface area (Å²) < 4.78 is 101. The number of nitrogens with zero attached hydrogens (tertiary/aromatic N) is 6. The van der Waals surface area contributed by atoms with Crippen LogP contribution in [-0.4, -0.2) is 61.9 Å². The maximum atomic E-state index is 13.7. The molecule has 0 fully saturated rings. The average Bonchev–Trinajstić information content (AvgIpc) is 3.16. The van der Waals surface area contributed by atoms with E-state index in [-0.39, 0.29) is 38.9 Å². The van der Waals surface area contributed by atoms with E-state index < -0.39 is 74.4 Å². The van der Waals surface area contributed by atoms with Crippen molar-refractivity contribution in [3.8, 4) is 0 Å². The summed E-state index contributed by atoms with van der Waals surface area (Å²) >= 11 is 0. The number of rotatable bonds is 11. The number of ketones is 2. The number of nitrogens with two attached hydrogens (primary N) is 2. The second kappa shape index (κ2) is 15.8. The summed E-state index contributed by atoms with van der Waals surface area (Å²) in [7, 11) is -14.6. The van der Waals surface area contributed by atoms with Crippen LogP contribution in [0, 0.1) is 0 Å². The molecule has 0 bridgehead atoms. The average molecular weight is 847 g/mol. The van der Waals surface area contributed by atoms with Gasteiger partial charge in [0.15, 0.2) is 5.71 Å². The van der Waals surface area contributed by atoms with Crippen LogP contribution in [0.3, 0.4) is 0 Å². The molecule has 2 aliphatic rings. The Morgan fingerprint density at radius 1 is 0.603 bits per heavy atom. The number of fused-ring (bicyclic) bond motifs is 1. The Bertz CT molecular complexity index is 2940. The number of benzene rings is 4. The number of Topliss-reactive ketones (excluding diaryl/α,β-unsaturated/α-hetero) is 1. The minimum absolute atomic E-state index is 0.00485. The fourth-order valence-electron chi connectivity index (χ4n) is 5.11. The molecule has 0 atom stereocenters. The van der Waals surface area contributed by atoms with Gasteiger partial charge < -0.3 is 11.5 Å². The summed E-state index contributed by atoms with van der Waals surface area (Å²) in [6.45, 7) is 0. The van der Waals surface area contributed by atoms with Gasteiger partial charge in [-0.2, -0.15) is 45.7 Å². The van der Waals surface area contributed by atoms with E-state index in [1.807, 2.05) is 0 Å². The zero-order valence-corrected chi connectivity index (χ0v) is 31.4. The Kier molecular flexibility index (Phi) is 11.1. The first kappa shape index (κ1) is 40.6. The van der Waals surface area contributed by atoms with Crippen LogP contribution in [0.15, 0.2) is 154 Å². The van der Waals surface area contributed by atoms with E-state index in [9.17, 15) is 43.9 Å². The highest BCUT2D eigenvalue weighted by Gasteiger charge is 2.37. The van der Waals surface area contributed by atoms with Gasteiger partial charge in [-0.25, -0.2) is 0 Å². The summed E-state index contributed by atoms with van der Waals surface area (Å²) in [5.74, 6) is -1.72. The molecule has 6 rings (SSSR count). The summed E-state index contributed by atoms with van der Waals surface area (Å²) in [6, 6.07) is 19.3. The van der Waals surface area contributed by atoms with E-state index in [2.05, 4.69) is 41.5 Å². The van der Waals surface area contributed by atoms with Crippen molar-refractivity contribution in [2.45, 2.75) is 9.79 Å². The third-order valence-electron chi connectivity index (χ3n) is 7.88. The molecule has 0 radical (unpaired) electrons. The van der Waals surface area contributed by atoms with Crippen LogP contribution < -0.4 is 22.3 Å². The van der Waals surface area contributed by atoms with Crippen LogP contribution >= 0.6 is 0 Å². The molecular weight excluding hydrogens is 821 g/mol. The van der Waals surface area contributed by atoms with Crippen molar-refractivity contribution in [1.82, 2.24) is 0 Å². The topological polar surface area (TPSA) is 348 Å². The molecule has 2 aliphatic carbocycles. The van der Waals surface area contributed by atoms with Crippen molar-refractivity contribution in [3.63, 3.8) is 0 Å². The van der Waals surface area contributed by atoms with E-state index in [4.69, 9.17) is 16.0 Å². The molecule has 0 heterocycles. The van der Waals surface area contributed by atoms with Gasteiger partial charge in [-0.3, -0.25) is 34.1 Å². The van der Waals surface area contributed by atoms with E-state index in [1.54, 1.807) is 30.3 Å². The lowest BCUT2D eigenvalue weighted by Crippen LogP contribution is -2.28. The SMILES string of the molecule is NC1=CC(=O)C(N=Nc2ccc(N=Nc3c(S(=O)(=O)O)cc4c(c3N)C(=O)/C(=N\Nc3ccccc3)C(S(=O)(=O)O)=C4)cc2)=C/C1=N/Nc1ccc(S(=O)(=O)O)cc1. The molecule has 4 aromatic rings. The van der Waals surface area contributed by atoms with Gasteiger partial charge in [-0.15, -0.1) is 10.2 Å². The summed E-state index contributed by atoms with van der Waals surface area (Å²) in [6.07, 6.45) is 3.08. The summed E-state index contributed by atoms with van der Waals surface area (Å²) in [5.41, 5.74) is 15.3. The third kappa shape index (κ3) is 9.13. The highest BCUT2D eigenvalue weighted by Crippen LogP contribution is 2.41. The van der Waals surface area contributed by atoms with Crippen molar-refractivity contribution in [2.24, 2.45) is 36.4 Å². The lowest BCUT2D eigenvalue weighted by atomic mass is 9.92. The third-order valence-corrected chi connectivity index (χ3v) is 10.5. The van der Waals surface area contributed by atoms with Gasteiger partial charge in [0.1, 0.15) is 26.9 Å². The molecule has 9 N–H and O–H groups in total. The zero-order chi connectivity index (χ0) is 42.0. The van der Waals surface area contributed by atoms with Crippen LogP contribution in [0.2, 0.25) is 0 Å². The van der Waals surface area contributed by atoms with Crippen LogP contribution in [0.4, 0.5) is 34.1 Å². The number of nitrogen functional groups attached to an aromatic ring is 1. The van der Waals surface area contributed by atoms with Crippen molar-refractivity contribution in [1.29, 1.82) is 0 Å². The molecule has 58 heavy (non-hydrogen) atoms. The lowest BCUT2D eigenvalue weighted by molar-refractivity contribution is -0.111. The molecule has 296 valence electrons. The standard InChI is InChI=1S/C34H26N10O11S3/c35-24-16-27(45)26(17-25(24)41-37-22-10-12-23(13-11-22)56(47,48)49)42-38-20-6-8-21(9-7-20)40-43-32-28(57(50,51)52)14-18-15-29(58(53,54)55)33(34(46)30(18)31(32)36)44-39-19-4-2-1-3-5-19/h1-17,37,39H,35-36H2,(H,47,48,49)(H,50,51,52)(H,53,54,55)/b41-25-,42-38?,43-40?,44-33-. The molecule has 0 saturated carbocycles. The first-order valence-electron chi connectivity index (χ1n) is 15.9. The summed E-state index contributed by atoms with van der Waals surface area (Å²) in [5, 5.41) is 23.8. The van der Waals surface area contributed by atoms with Gasteiger partial charge in [0.05, 0.1) is 44.6 Å². The largest absolute Gasteiger partial charge is 0.397 e. The minimum atomic E-state index is -5.13.